The lowest BCUT2D eigenvalue weighted by Gasteiger charge is -2.26. The third-order valence-corrected chi connectivity index (χ3v) is 10.1. The third-order valence-electron chi connectivity index (χ3n) is 10.1. The number of rotatable bonds is 4. The highest BCUT2D eigenvalue weighted by atomic mass is 16.3. The van der Waals surface area contributed by atoms with Gasteiger partial charge >= 0.3 is 0 Å². The lowest BCUT2D eigenvalue weighted by molar-refractivity contribution is 0.668. The minimum atomic E-state index is 0.854. The maximum absolute atomic E-state index is 6.39. The van der Waals surface area contributed by atoms with Gasteiger partial charge in [0.1, 0.15) is 33.5 Å². The molecule has 0 unspecified atom stereocenters. The second-order valence-electron chi connectivity index (χ2n) is 12.9. The van der Waals surface area contributed by atoms with Crippen molar-refractivity contribution in [1.29, 1.82) is 0 Å². The first-order valence-corrected chi connectivity index (χ1v) is 16.8. The first-order valence-electron chi connectivity index (χ1n) is 16.8. The number of anilines is 3. The summed E-state index contributed by atoms with van der Waals surface area (Å²) in [6, 6.07) is 57.3. The fraction of sp³-hybridized carbons (Fsp3) is 0. The standard InChI is InChI=1S/C46H27NO3/c1-2-13-37-32(9-1)38(27-40-35-12-5-8-16-43(35)50-46(37)40)28-17-19-29(20-18-28)47(30-22-24-44-39(25-30)34-11-4-7-15-42(34)48-44)31-21-23-36-33-10-3-6-14-41(33)49-45(36)26-31/h1-27H. The lowest BCUT2D eigenvalue weighted by Crippen LogP contribution is -2.09. The first-order chi connectivity index (χ1) is 24.8. The average Bonchev–Trinajstić information content (AvgIpc) is 3.86. The Bertz CT molecular complexity index is 3110. The van der Waals surface area contributed by atoms with E-state index in [4.69, 9.17) is 13.3 Å². The number of hydrogen-bond donors (Lipinski definition) is 0. The maximum Gasteiger partial charge on any atom is 0.143 e. The highest BCUT2D eigenvalue weighted by molar-refractivity contribution is 6.19. The normalized spacial score (nSPS) is 12.0. The Morgan fingerprint density at radius 2 is 0.800 bits per heavy atom. The Balaban J connectivity index is 1.10. The highest BCUT2D eigenvalue weighted by Crippen LogP contribution is 2.43. The van der Waals surface area contributed by atoms with E-state index < -0.39 is 0 Å². The van der Waals surface area contributed by atoms with E-state index in [0.29, 0.717) is 0 Å². The fourth-order valence-corrected chi connectivity index (χ4v) is 7.73. The van der Waals surface area contributed by atoms with Crippen molar-refractivity contribution in [2.45, 2.75) is 0 Å². The Morgan fingerprint density at radius 3 is 1.54 bits per heavy atom. The lowest BCUT2D eigenvalue weighted by atomic mass is 9.95. The van der Waals surface area contributed by atoms with Gasteiger partial charge in [0, 0.05) is 60.8 Å². The van der Waals surface area contributed by atoms with Crippen LogP contribution in [-0.4, -0.2) is 0 Å². The van der Waals surface area contributed by atoms with E-state index in [0.717, 1.165) is 99.2 Å². The predicted octanol–water partition coefficient (Wildman–Crippen LogP) is 13.7. The molecule has 0 amide bonds. The molecular formula is C46H27NO3. The second-order valence-corrected chi connectivity index (χ2v) is 12.9. The van der Waals surface area contributed by atoms with Crippen LogP contribution in [0.2, 0.25) is 0 Å². The van der Waals surface area contributed by atoms with Crippen LogP contribution in [0.15, 0.2) is 177 Å². The highest BCUT2D eigenvalue weighted by Gasteiger charge is 2.19. The fourth-order valence-electron chi connectivity index (χ4n) is 7.73. The van der Waals surface area contributed by atoms with Gasteiger partial charge in [-0.25, -0.2) is 0 Å². The van der Waals surface area contributed by atoms with E-state index in [2.05, 4.69) is 132 Å². The number of hydrogen-bond acceptors (Lipinski definition) is 4. The van der Waals surface area contributed by atoms with Crippen molar-refractivity contribution in [3.8, 4) is 11.1 Å². The molecule has 0 fully saturated rings. The Morgan fingerprint density at radius 1 is 0.300 bits per heavy atom. The second kappa shape index (κ2) is 10.4. The Kier molecular flexibility index (Phi) is 5.63. The third kappa shape index (κ3) is 3.99. The zero-order chi connectivity index (χ0) is 32.8. The van der Waals surface area contributed by atoms with E-state index in [9.17, 15) is 0 Å². The van der Waals surface area contributed by atoms with Gasteiger partial charge in [0.05, 0.1) is 0 Å². The monoisotopic (exact) mass is 641 g/mol. The summed E-state index contributed by atoms with van der Waals surface area (Å²) < 4.78 is 18.9. The summed E-state index contributed by atoms with van der Waals surface area (Å²) in [7, 11) is 0. The van der Waals surface area contributed by atoms with Crippen LogP contribution in [0.3, 0.4) is 0 Å². The van der Waals surface area contributed by atoms with Crippen LogP contribution in [0.1, 0.15) is 0 Å². The molecule has 4 nitrogen and oxygen atoms in total. The zero-order valence-electron chi connectivity index (χ0n) is 26.8. The molecule has 0 N–H and O–H groups in total. The van der Waals surface area contributed by atoms with Gasteiger partial charge in [-0.1, -0.05) is 91.0 Å². The van der Waals surface area contributed by atoms with Crippen molar-refractivity contribution in [3.05, 3.63) is 164 Å². The molecule has 0 spiro atoms. The SMILES string of the molecule is c1ccc2c(c1)oc1cc(N(c3ccc(-c4cc5c6ccccc6oc5c5ccccc45)cc3)c3ccc4oc5ccccc5c4c3)ccc12. The molecule has 3 aromatic heterocycles. The number of para-hydroxylation sites is 3. The number of fused-ring (bicyclic) bond motifs is 11. The summed E-state index contributed by atoms with van der Waals surface area (Å²) in [6.45, 7) is 0. The largest absolute Gasteiger partial charge is 0.456 e. The quantitative estimate of drug-likeness (QED) is 0.192. The molecule has 0 bridgehead atoms. The molecular weight excluding hydrogens is 615 g/mol. The van der Waals surface area contributed by atoms with E-state index in [1.165, 1.54) is 5.56 Å². The summed E-state index contributed by atoms with van der Waals surface area (Å²) in [5, 5.41) is 8.92. The molecule has 8 aromatic carbocycles. The summed E-state index contributed by atoms with van der Waals surface area (Å²) in [5.41, 5.74) is 10.7. The topological polar surface area (TPSA) is 42.7 Å². The zero-order valence-corrected chi connectivity index (χ0v) is 26.8. The van der Waals surface area contributed by atoms with Gasteiger partial charge in [0.15, 0.2) is 0 Å². The average molecular weight is 642 g/mol. The van der Waals surface area contributed by atoms with Crippen molar-refractivity contribution in [2.24, 2.45) is 0 Å². The van der Waals surface area contributed by atoms with Crippen LogP contribution in [-0.2, 0) is 0 Å². The molecule has 0 aliphatic carbocycles. The van der Waals surface area contributed by atoms with Gasteiger partial charge in [-0.15, -0.1) is 0 Å². The van der Waals surface area contributed by atoms with Gasteiger partial charge in [-0.05, 0) is 83.2 Å². The van der Waals surface area contributed by atoms with Crippen LogP contribution in [0.25, 0.3) is 87.7 Å². The molecule has 0 saturated heterocycles. The molecule has 0 aliphatic heterocycles. The number of benzene rings is 8. The first kappa shape index (κ1) is 27.2. The predicted molar refractivity (Wildman–Crippen MR) is 206 cm³/mol. The summed E-state index contributed by atoms with van der Waals surface area (Å²) in [4.78, 5) is 2.29. The molecule has 0 aliphatic rings. The minimum absolute atomic E-state index is 0.854. The van der Waals surface area contributed by atoms with Gasteiger partial charge in [-0.3, -0.25) is 0 Å². The van der Waals surface area contributed by atoms with Crippen molar-refractivity contribution in [1.82, 2.24) is 0 Å². The van der Waals surface area contributed by atoms with Crippen molar-refractivity contribution in [2.75, 3.05) is 4.90 Å². The molecule has 0 saturated carbocycles. The Hall–Kier alpha value is -6.78. The molecule has 11 rings (SSSR count). The van der Waals surface area contributed by atoms with E-state index in [1.807, 2.05) is 36.4 Å². The van der Waals surface area contributed by atoms with Gasteiger partial charge in [0.25, 0.3) is 0 Å². The molecule has 0 atom stereocenters. The number of nitrogens with zero attached hydrogens (tertiary/aromatic N) is 1. The van der Waals surface area contributed by atoms with Crippen LogP contribution in [0, 0.1) is 0 Å². The van der Waals surface area contributed by atoms with E-state index in [-0.39, 0.29) is 0 Å². The Labute approximate surface area is 286 Å². The van der Waals surface area contributed by atoms with Gasteiger partial charge in [-0.2, -0.15) is 0 Å². The van der Waals surface area contributed by atoms with Crippen molar-refractivity contribution < 1.29 is 13.3 Å². The number of furan rings is 3. The summed E-state index contributed by atoms with van der Waals surface area (Å²) >= 11 is 0. The van der Waals surface area contributed by atoms with Crippen LogP contribution < -0.4 is 4.90 Å². The van der Waals surface area contributed by atoms with Crippen LogP contribution in [0.5, 0.6) is 0 Å². The molecule has 234 valence electrons. The molecule has 4 heteroatoms. The van der Waals surface area contributed by atoms with Crippen molar-refractivity contribution in [3.63, 3.8) is 0 Å². The molecule has 0 radical (unpaired) electrons. The smallest absolute Gasteiger partial charge is 0.143 e. The molecule has 3 heterocycles. The summed E-state index contributed by atoms with van der Waals surface area (Å²) in [6.07, 6.45) is 0. The van der Waals surface area contributed by atoms with Gasteiger partial charge in [0.2, 0.25) is 0 Å². The van der Waals surface area contributed by atoms with Crippen LogP contribution >= 0.6 is 0 Å². The summed E-state index contributed by atoms with van der Waals surface area (Å²) in [5.74, 6) is 0. The van der Waals surface area contributed by atoms with E-state index >= 15 is 0 Å². The van der Waals surface area contributed by atoms with Crippen LogP contribution in [0.4, 0.5) is 17.1 Å². The maximum atomic E-state index is 6.39. The molecule has 11 aromatic rings. The molecule has 50 heavy (non-hydrogen) atoms. The van der Waals surface area contributed by atoms with E-state index in [1.54, 1.807) is 0 Å². The minimum Gasteiger partial charge on any atom is -0.456 e. The van der Waals surface area contributed by atoms with Gasteiger partial charge < -0.3 is 18.2 Å². The van der Waals surface area contributed by atoms with Crippen molar-refractivity contribution >= 4 is 93.7 Å².